The van der Waals surface area contributed by atoms with E-state index in [9.17, 15) is 14.4 Å². The molecule has 0 radical (unpaired) electrons. The Kier molecular flexibility index (Phi) is 6.87. The first-order valence-electron chi connectivity index (χ1n) is 9.05. The van der Waals surface area contributed by atoms with E-state index in [2.05, 4.69) is 5.32 Å². The van der Waals surface area contributed by atoms with Gasteiger partial charge in [0.2, 0.25) is 0 Å². The zero-order valence-electron chi connectivity index (χ0n) is 16.0. The molecule has 0 saturated heterocycles. The molecule has 0 fully saturated rings. The number of anilines is 1. The molecule has 0 aliphatic carbocycles. The average Bonchev–Trinajstić information content (AvgIpc) is 3.23. The smallest absolute Gasteiger partial charge is 0.340 e. The van der Waals surface area contributed by atoms with Crippen LogP contribution < -0.4 is 10.1 Å². The maximum atomic E-state index is 12.4. The summed E-state index contributed by atoms with van der Waals surface area (Å²) < 4.78 is 15.9. The molecule has 1 N–H and O–H groups in total. The normalized spacial score (nSPS) is 10.3. The Morgan fingerprint density at radius 3 is 2.67 bits per heavy atom. The summed E-state index contributed by atoms with van der Waals surface area (Å²) in [6.45, 7) is 1.78. The highest BCUT2D eigenvalue weighted by Crippen LogP contribution is 2.27. The highest BCUT2D eigenvalue weighted by molar-refractivity contribution is 6.33. The van der Waals surface area contributed by atoms with Crippen LogP contribution in [-0.2, 0) is 9.53 Å². The molecule has 0 saturated carbocycles. The maximum Gasteiger partial charge on any atom is 0.340 e. The lowest BCUT2D eigenvalue weighted by Gasteiger charge is -2.11. The lowest BCUT2D eigenvalue weighted by molar-refractivity contribution is -0.119. The molecule has 0 spiro atoms. The predicted molar refractivity (Wildman–Crippen MR) is 111 cm³/mol. The van der Waals surface area contributed by atoms with Crippen molar-refractivity contribution in [2.24, 2.45) is 0 Å². The third kappa shape index (κ3) is 5.07. The number of hydrogen-bond donors (Lipinski definition) is 1. The number of carbonyl (C=O) groups excluding carboxylic acids is 3. The molecular weight excluding hydrogens is 410 g/mol. The SMILES string of the molecule is CCOc1ccccc1NC(=O)COC(=O)c1cc(-c2ccc(C=O)o2)ccc1Cl. The average molecular weight is 428 g/mol. The number of halogens is 1. The van der Waals surface area contributed by atoms with Gasteiger partial charge in [-0.2, -0.15) is 0 Å². The molecule has 3 aromatic rings. The number of para-hydroxylation sites is 2. The lowest BCUT2D eigenvalue weighted by Crippen LogP contribution is -2.21. The molecule has 1 amide bonds. The van der Waals surface area contributed by atoms with Crippen LogP contribution in [0.15, 0.2) is 59.0 Å². The minimum Gasteiger partial charge on any atom is -0.492 e. The molecule has 0 atom stereocenters. The van der Waals surface area contributed by atoms with Crippen LogP contribution in [0.5, 0.6) is 5.75 Å². The van der Waals surface area contributed by atoms with E-state index in [1.54, 1.807) is 36.4 Å². The summed E-state index contributed by atoms with van der Waals surface area (Å²) in [4.78, 5) is 35.4. The molecule has 8 heteroatoms. The quantitative estimate of drug-likeness (QED) is 0.416. The summed E-state index contributed by atoms with van der Waals surface area (Å²) in [5.74, 6) is -0.216. The lowest BCUT2D eigenvalue weighted by atomic mass is 10.1. The number of carbonyl (C=O) groups is 3. The van der Waals surface area contributed by atoms with Gasteiger partial charge in [0.05, 0.1) is 22.9 Å². The molecule has 7 nitrogen and oxygen atoms in total. The van der Waals surface area contributed by atoms with Crippen molar-refractivity contribution in [3.05, 3.63) is 70.9 Å². The first-order chi connectivity index (χ1) is 14.5. The minimum atomic E-state index is -0.766. The first-order valence-corrected chi connectivity index (χ1v) is 9.43. The summed E-state index contributed by atoms with van der Waals surface area (Å²) in [6.07, 6.45) is 0.580. The van der Waals surface area contributed by atoms with E-state index in [4.69, 9.17) is 25.5 Å². The number of nitrogens with one attached hydrogen (secondary N) is 1. The van der Waals surface area contributed by atoms with Crippen molar-refractivity contribution in [2.75, 3.05) is 18.5 Å². The standard InChI is InChI=1S/C22H18ClNO6/c1-2-28-20-6-4-3-5-18(20)24-21(26)13-29-22(27)16-11-14(7-9-17(16)23)19-10-8-15(12-25)30-19/h3-12H,2,13H2,1H3,(H,24,26). The van der Waals surface area contributed by atoms with Crippen LogP contribution in [0.4, 0.5) is 5.69 Å². The van der Waals surface area contributed by atoms with Crippen molar-refractivity contribution < 1.29 is 28.3 Å². The number of benzene rings is 2. The van der Waals surface area contributed by atoms with E-state index in [0.29, 0.717) is 35.7 Å². The molecular formula is C22H18ClNO6. The second kappa shape index (κ2) is 9.76. The second-order valence-electron chi connectivity index (χ2n) is 6.07. The van der Waals surface area contributed by atoms with Gasteiger partial charge >= 0.3 is 5.97 Å². The third-order valence-corrected chi connectivity index (χ3v) is 4.34. The number of furan rings is 1. The Bertz CT molecular complexity index is 1070. The van der Waals surface area contributed by atoms with Gasteiger partial charge in [-0.1, -0.05) is 23.7 Å². The molecule has 1 heterocycles. The van der Waals surface area contributed by atoms with Gasteiger partial charge in [-0.05, 0) is 49.4 Å². The summed E-state index contributed by atoms with van der Waals surface area (Å²) in [5.41, 5.74) is 1.08. The molecule has 0 aliphatic rings. The summed E-state index contributed by atoms with van der Waals surface area (Å²) in [5, 5.41) is 2.80. The molecule has 0 unspecified atom stereocenters. The van der Waals surface area contributed by atoms with Crippen molar-refractivity contribution in [1.82, 2.24) is 0 Å². The molecule has 1 aromatic heterocycles. The van der Waals surface area contributed by atoms with E-state index in [-0.39, 0.29) is 16.3 Å². The Morgan fingerprint density at radius 1 is 1.13 bits per heavy atom. The van der Waals surface area contributed by atoms with Gasteiger partial charge in [0, 0.05) is 5.56 Å². The van der Waals surface area contributed by atoms with Crippen LogP contribution in [0.3, 0.4) is 0 Å². The number of hydrogen-bond acceptors (Lipinski definition) is 6. The molecule has 2 aromatic carbocycles. The Balaban J connectivity index is 1.66. The fourth-order valence-corrected chi connectivity index (χ4v) is 2.85. The van der Waals surface area contributed by atoms with E-state index in [0.717, 1.165) is 0 Å². The van der Waals surface area contributed by atoms with Gasteiger partial charge in [-0.3, -0.25) is 9.59 Å². The Hall–Kier alpha value is -3.58. The van der Waals surface area contributed by atoms with Gasteiger partial charge in [0.1, 0.15) is 11.5 Å². The van der Waals surface area contributed by atoms with E-state index < -0.39 is 18.5 Å². The third-order valence-electron chi connectivity index (χ3n) is 4.01. The topological polar surface area (TPSA) is 94.8 Å². The highest BCUT2D eigenvalue weighted by atomic mass is 35.5. The van der Waals surface area contributed by atoms with Crippen molar-refractivity contribution in [3.8, 4) is 17.1 Å². The summed E-state index contributed by atoms with van der Waals surface area (Å²) in [7, 11) is 0. The second-order valence-corrected chi connectivity index (χ2v) is 6.48. The zero-order valence-corrected chi connectivity index (χ0v) is 16.8. The van der Waals surface area contributed by atoms with Gasteiger partial charge in [0.15, 0.2) is 18.7 Å². The van der Waals surface area contributed by atoms with Crippen molar-refractivity contribution >= 4 is 35.5 Å². The monoisotopic (exact) mass is 427 g/mol. The van der Waals surface area contributed by atoms with Crippen LogP contribution in [0.1, 0.15) is 27.8 Å². The molecule has 0 aliphatic heterocycles. The predicted octanol–water partition coefficient (Wildman–Crippen LogP) is 4.61. The van der Waals surface area contributed by atoms with Gasteiger partial charge < -0.3 is 19.2 Å². The number of ether oxygens (including phenoxy) is 2. The van der Waals surface area contributed by atoms with Crippen LogP contribution in [0.2, 0.25) is 5.02 Å². The maximum absolute atomic E-state index is 12.4. The molecule has 3 rings (SSSR count). The first kappa shape index (κ1) is 21.1. The van der Waals surface area contributed by atoms with Crippen LogP contribution >= 0.6 is 11.6 Å². The van der Waals surface area contributed by atoms with Crippen molar-refractivity contribution in [3.63, 3.8) is 0 Å². The van der Waals surface area contributed by atoms with Gasteiger partial charge in [-0.25, -0.2) is 4.79 Å². The Morgan fingerprint density at radius 2 is 1.93 bits per heavy atom. The van der Waals surface area contributed by atoms with Crippen molar-refractivity contribution in [2.45, 2.75) is 6.92 Å². The van der Waals surface area contributed by atoms with Crippen LogP contribution in [0.25, 0.3) is 11.3 Å². The van der Waals surface area contributed by atoms with E-state index >= 15 is 0 Å². The highest BCUT2D eigenvalue weighted by Gasteiger charge is 2.17. The fraction of sp³-hybridized carbons (Fsp3) is 0.136. The van der Waals surface area contributed by atoms with Gasteiger partial charge in [0.25, 0.3) is 5.91 Å². The molecule has 154 valence electrons. The minimum absolute atomic E-state index is 0.0701. The molecule has 0 bridgehead atoms. The largest absolute Gasteiger partial charge is 0.492 e. The molecule has 30 heavy (non-hydrogen) atoms. The van der Waals surface area contributed by atoms with E-state index in [1.165, 1.54) is 18.2 Å². The van der Waals surface area contributed by atoms with Crippen molar-refractivity contribution in [1.29, 1.82) is 0 Å². The number of rotatable bonds is 8. The summed E-state index contributed by atoms with van der Waals surface area (Å²) >= 11 is 6.11. The zero-order chi connectivity index (χ0) is 21.5. The number of amides is 1. The van der Waals surface area contributed by atoms with Crippen LogP contribution in [-0.4, -0.2) is 31.4 Å². The van der Waals surface area contributed by atoms with Crippen LogP contribution in [0, 0.1) is 0 Å². The van der Waals surface area contributed by atoms with E-state index in [1.807, 2.05) is 6.92 Å². The number of esters is 1. The fourth-order valence-electron chi connectivity index (χ4n) is 2.65. The van der Waals surface area contributed by atoms with Gasteiger partial charge in [-0.15, -0.1) is 0 Å². The summed E-state index contributed by atoms with van der Waals surface area (Å²) in [6, 6.07) is 14.7. The number of aldehydes is 1. The Labute approximate surface area is 177 Å².